The van der Waals surface area contributed by atoms with Crippen LogP contribution in [0.15, 0.2) is 26.7 Å². The number of aromatic hydroxyl groups is 1. The number of fused-ring (bicyclic) bond motifs is 4. The number of halogens is 2. The molecular weight excluding hydrogens is 744 g/mol. The fourth-order valence-corrected chi connectivity index (χ4v) is 8.92. The maximum atomic E-state index is 14.1. The first-order chi connectivity index (χ1) is 22.4. The standard InChI is InChI=1S/C33H38Br2N2O10/c1-47-21-15-19(27(34)28(35)29(21)42)24-16-10-11-17-25(32(45)36(30(17)43)12-6-2-4-8-22(38)39)18(16)14-20-26(24)33(46)37(31(20)44)13-7-3-5-9-23(40)41/h10,15,17-18,20,24-26,42H,2-9,11-14H2,1H3,(H,38,39)(H,40,41). The molecule has 14 heteroatoms. The van der Waals surface area contributed by atoms with Gasteiger partial charge in [-0.3, -0.25) is 38.6 Å². The Morgan fingerprint density at radius 2 is 1.34 bits per heavy atom. The number of carbonyl (C=O) groups is 6. The van der Waals surface area contributed by atoms with E-state index in [9.17, 15) is 33.9 Å². The van der Waals surface area contributed by atoms with Crippen LogP contribution in [0.25, 0.3) is 0 Å². The first-order valence-corrected chi connectivity index (χ1v) is 17.6. The number of ether oxygens (including phenoxy) is 1. The highest BCUT2D eigenvalue weighted by Gasteiger charge is 2.62. The van der Waals surface area contributed by atoms with E-state index in [1.165, 1.54) is 16.9 Å². The molecule has 4 aliphatic rings. The summed E-state index contributed by atoms with van der Waals surface area (Å²) >= 11 is 7.01. The zero-order valence-electron chi connectivity index (χ0n) is 26.0. The van der Waals surface area contributed by atoms with Crippen molar-refractivity contribution in [3.8, 4) is 11.5 Å². The van der Waals surface area contributed by atoms with Crippen LogP contribution in [0.4, 0.5) is 0 Å². The van der Waals surface area contributed by atoms with E-state index >= 15 is 0 Å². The Balaban J connectivity index is 1.48. The molecular formula is C33H38Br2N2O10. The number of carbonyl (C=O) groups excluding carboxylic acids is 4. The van der Waals surface area contributed by atoms with Gasteiger partial charge in [0.2, 0.25) is 23.6 Å². The van der Waals surface area contributed by atoms with Gasteiger partial charge < -0.3 is 20.1 Å². The minimum Gasteiger partial charge on any atom is -0.503 e. The van der Waals surface area contributed by atoms with E-state index < -0.39 is 47.4 Å². The van der Waals surface area contributed by atoms with E-state index in [0.29, 0.717) is 59.5 Å². The predicted molar refractivity (Wildman–Crippen MR) is 173 cm³/mol. The number of likely N-dealkylation sites (tertiary alicyclic amines) is 2. The third-order valence-electron chi connectivity index (χ3n) is 10.1. The van der Waals surface area contributed by atoms with E-state index in [-0.39, 0.29) is 67.5 Å². The van der Waals surface area contributed by atoms with Gasteiger partial charge in [-0.15, -0.1) is 0 Å². The normalized spacial score (nSPS) is 26.7. The third-order valence-corrected chi connectivity index (χ3v) is 12.3. The van der Waals surface area contributed by atoms with Crippen LogP contribution in [-0.2, 0) is 28.8 Å². The van der Waals surface area contributed by atoms with Gasteiger partial charge in [0, 0.05) is 36.3 Å². The van der Waals surface area contributed by atoms with E-state index in [2.05, 4.69) is 31.9 Å². The minimum absolute atomic E-state index is 0.00526. The highest BCUT2D eigenvalue weighted by molar-refractivity contribution is 9.13. The molecule has 0 spiro atoms. The van der Waals surface area contributed by atoms with Gasteiger partial charge in [0.15, 0.2) is 11.5 Å². The molecule has 1 saturated carbocycles. The summed E-state index contributed by atoms with van der Waals surface area (Å²) in [5.74, 6) is -6.96. The van der Waals surface area contributed by atoms with Crippen LogP contribution in [0.5, 0.6) is 11.5 Å². The van der Waals surface area contributed by atoms with Crippen molar-refractivity contribution >= 4 is 67.4 Å². The number of imide groups is 2. The molecule has 3 N–H and O–H groups in total. The fourth-order valence-electron chi connectivity index (χ4n) is 7.95. The average molecular weight is 782 g/mol. The second kappa shape index (κ2) is 14.5. The smallest absolute Gasteiger partial charge is 0.303 e. The number of hydrogen-bond acceptors (Lipinski definition) is 8. The molecule has 2 aliphatic heterocycles. The number of amides is 4. The Bertz CT molecular complexity index is 1530. The highest BCUT2D eigenvalue weighted by Crippen LogP contribution is 2.60. The van der Waals surface area contributed by atoms with Crippen molar-refractivity contribution in [3.63, 3.8) is 0 Å². The van der Waals surface area contributed by atoms with Crippen molar-refractivity contribution in [1.29, 1.82) is 0 Å². The molecule has 2 heterocycles. The first kappa shape index (κ1) is 35.1. The van der Waals surface area contributed by atoms with Gasteiger partial charge in [-0.1, -0.05) is 24.5 Å². The Labute approximate surface area is 288 Å². The third kappa shape index (κ3) is 6.59. The van der Waals surface area contributed by atoms with Crippen molar-refractivity contribution in [2.45, 2.75) is 70.1 Å². The number of hydrogen-bond donors (Lipinski definition) is 3. The van der Waals surface area contributed by atoms with Gasteiger partial charge in [0.25, 0.3) is 0 Å². The lowest BCUT2D eigenvalue weighted by atomic mass is 9.57. The van der Waals surface area contributed by atoms with Crippen LogP contribution < -0.4 is 4.74 Å². The van der Waals surface area contributed by atoms with Crippen LogP contribution in [0.3, 0.4) is 0 Å². The minimum atomic E-state index is -0.904. The van der Waals surface area contributed by atoms with E-state index in [1.54, 1.807) is 6.07 Å². The number of methoxy groups -OCH3 is 1. The summed E-state index contributed by atoms with van der Waals surface area (Å²) in [5, 5.41) is 28.6. The molecule has 12 nitrogen and oxygen atoms in total. The maximum absolute atomic E-state index is 14.1. The summed E-state index contributed by atoms with van der Waals surface area (Å²) in [4.78, 5) is 79.9. The molecule has 1 aromatic carbocycles. The van der Waals surface area contributed by atoms with Crippen LogP contribution >= 0.6 is 31.9 Å². The summed E-state index contributed by atoms with van der Waals surface area (Å²) in [5.41, 5.74) is 1.41. The highest BCUT2D eigenvalue weighted by atomic mass is 79.9. The SMILES string of the molecule is COc1cc(C2C3=CCC4C(=O)N(CCCCCC(=O)O)C(=O)C4C3CC3C(=O)N(CCCCCC(=O)O)C(=O)C32)c(Br)c(Br)c1O. The van der Waals surface area contributed by atoms with Crippen molar-refractivity contribution in [3.05, 3.63) is 32.2 Å². The van der Waals surface area contributed by atoms with Crippen LogP contribution in [0, 0.1) is 29.6 Å². The number of unbranched alkanes of at least 4 members (excludes halogenated alkanes) is 4. The van der Waals surface area contributed by atoms with Gasteiger partial charge in [-0.2, -0.15) is 0 Å². The van der Waals surface area contributed by atoms with Gasteiger partial charge in [-0.25, -0.2) is 0 Å². The van der Waals surface area contributed by atoms with Gasteiger partial charge in [0.05, 0.1) is 35.3 Å². The van der Waals surface area contributed by atoms with Gasteiger partial charge in [0.1, 0.15) is 0 Å². The number of phenols is 1. The van der Waals surface area contributed by atoms with Crippen molar-refractivity contribution < 1.29 is 48.8 Å². The second-order valence-electron chi connectivity index (χ2n) is 12.7. The van der Waals surface area contributed by atoms with E-state index in [1.807, 2.05) is 6.08 Å². The lowest BCUT2D eigenvalue weighted by molar-refractivity contribution is -0.142. The summed E-state index contributed by atoms with van der Waals surface area (Å²) in [6.45, 7) is 0.353. The number of rotatable bonds is 14. The van der Waals surface area contributed by atoms with Gasteiger partial charge in [-0.05, 0) is 87.9 Å². The number of nitrogens with zero attached hydrogens (tertiary/aromatic N) is 2. The number of carboxylic acid groups (broad SMARTS) is 2. The Morgan fingerprint density at radius 1 is 0.787 bits per heavy atom. The second-order valence-corrected chi connectivity index (χ2v) is 14.3. The molecule has 0 aromatic heterocycles. The van der Waals surface area contributed by atoms with E-state index in [4.69, 9.17) is 14.9 Å². The molecule has 0 radical (unpaired) electrons. The number of benzene rings is 1. The largest absolute Gasteiger partial charge is 0.503 e. The van der Waals surface area contributed by atoms with Crippen LogP contribution in [0.2, 0.25) is 0 Å². The fraction of sp³-hybridized carbons (Fsp3) is 0.576. The monoisotopic (exact) mass is 780 g/mol. The number of allylic oxidation sites excluding steroid dienone is 2. The molecule has 1 aromatic rings. The Kier molecular flexibility index (Phi) is 10.8. The predicted octanol–water partition coefficient (Wildman–Crippen LogP) is 4.85. The maximum Gasteiger partial charge on any atom is 0.303 e. The quantitative estimate of drug-likeness (QED) is 0.134. The Morgan fingerprint density at radius 3 is 1.89 bits per heavy atom. The molecule has 47 heavy (non-hydrogen) atoms. The van der Waals surface area contributed by atoms with Crippen molar-refractivity contribution in [2.75, 3.05) is 20.2 Å². The van der Waals surface area contributed by atoms with Crippen molar-refractivity contribution in [1.82, 2.24) is 9.80 Å². The summed E-state index contributed by atoms with van der Waals surface area (Å²) in [6.07, 6.45) is 5.43. The number of carboxylic acids is 2. The van der Waals surface area contributed by atoms with Gasteiger partial charge >= 0.3 is 11.9 Å². The molecule has 6 unspecified atom stereocenters. The molecule has 5 rings (SSSR count). The lowest BCUT2D eigenvalue weighted by Gasteiger charge is -2.44. The number of phenolic OH excluding ortho intramolecular Hbond substituents is 1. The van der Waals surface area contributed by atoms with Crippen molar-refractivity contribution in [2.24, 2.45) is 29.6 Å². The molecule has 4 amide bonds. The molecule has 2 aliphatic carbocycles. The summed E-state index contributed by atoms with van der Waals surface area (Å²) < 4.78 is 6.23. The number of aliphatic carboxylic acids is 2. The molecule has 6 atom stereocenters. The topological polar surface area (TPSA) is 179 Å². The average Bonchev–Trinajstić information content (AvgIpc) is 3.42. The lowest BCUT2D eigenvalue weighted by Crippen LogP contribution is -2.43. The summed E-state index contributed by atoms with van der Waals surface area (Å²) in [7, 11) is 1.41. The van der Waals surface area contributed by atoms with E-state index in [0.717, 1.165) is 5.57 Å². The van der Waals surface area contributed by atoms with Crippen LogP contribution in [-0.4, -0.2) is 80.9 Å². The molecule has 3 fully saturated rings. The first-order valence-electron chi connectivity index (χ1n) is 16.0. The summed E-state index contributed by atoms with van der Waals surface area (Å²) in [6, 6.07) is 1.64. The van der Waals surface area contributed by atoms with Crippen LogP contribution in [0.1, 0.15) is 75.7 Å². The molecule has 2 saturated heterocycles. The Hall–Kier alpha value is -3.26. The zero-order valence-corrected chi connectivity index (χ0v) is 29.1. The molecule has 254 valence electrons. The molecule has 0 bridgehead atoms. The zero-order chi connectivity index (χ0) is 34.2.